The number of hydrogen-bond donors (Lipinski definition) is 0. The third kappa shape index (κ3) is 1.67. The minimum absolute atomic E-state index is 0.123. The Labute approximate surface area is 114 Å². The second-order valence-corrected chi connectivity index (χ2v) is 5.67. The standard InChI is InChI=1S/C15H11FN2S/c16-11-5-3-4-10(8-11)15-18-13-7-2-1-6-12(13)17-14(18)9-19-15/h1-8,15H,9H2/t15-/m0/s1. The van der Waals surface area contributed by atoms with Crippen molar-refractivity contribution in [2.24, 2.45) is 0 Å². The second kappa shape index (κ2) is 4.10. The van der Waals surface area contributed by atoms with E-state index in [1.165, 1.54) is 6.07 Å². The lowest BCUT2D eigenvalue weighted by Gasteiger charge is -2.14. The van der Waals surface area contributed by atoms with Gasteiger partial charge in [0.05, 0.1) is 16.8 Å². The minimum Gasteiger partial charge on any atom is -0.310 e. The molecule has 3 aromatic rings. The number of thioether (sulfide) groups is 1. The van der Waals surface area contributed by atoms with E-state index in [1.807, 2.05) is 24.3 Å². The predicted molar refractivity (Wildman–Crippen MR) is 75.6 cm³/mol. The Kier molecular flexibility index (Phi) is 2.38. The number of rotatable bonds is 1. The van der Waals surface area contributed by atoms with Crippen LogP contribution in [-0.2, 0) is 5.75 Å². The van der Waals surface area contributed by atoms with Crippen LogP contribution >= 0.6 is 11.8 Å². The van der Waals surface area contributed by atoms with Crippen molar-refractivity contribution in [2.45, 2.75) is 11.1 Å². The molecule has 0 unspecified atom stereocenters. The number of halogens is 1. The maximum atomic E-state index is 13.4. The van der Waals surface area contributed by atoms with Crippen LogP contribution in [0.1, 0.15) is 16.8 Å². The van der Waals surface area contributed by atoms with Gasteiger partial charge in [-0.05, 0) is 29.8 Å². The Morgan fingerprint density at radius 1 is 1.16 bits per heavy atom. The van der Waals surface area contributed by atoms with Gasteiger partial charge in [0.1, 0.15) is 17.0 Å². The third-order valence-corrected chi connectivity index (χ3v) is 4.63. The van der Waals surface area contributed by atoms with Gasteiger partial charge in [0.2, 0.25) is 0 Å². The fourth-order valence-corrected chi connectivity index (χ4v) is 3.83. The molecule has 0 spiro atoms. The zero-order chi connectivity index (χ0) is 12.8. The summed E-state index contributed by atoms with van der Waals surface area (Å²) in [5.41, 5.74) is 3.13. The molecule has 2 aromatic carbocycles. The number of aromatic nitrogens is 2. The first-order chi connectivity index (χ1) is 9.33. The third-order valence-electron chi connectivity index (χ3n) is 3.41. The summed E-state index contributed by atoms with van der Waals surface area (Å²) in [5, 5.41) is 0.123. The number of benzene rings is 2. The lowest BCUT2D eigenvalue weighted by atomic mass is 10.2. The highest BCUT2D eigenvalue weighted by Gasteiger charge is 2.27. The summed E-state index contributed by atoms with van der Waals surface area (Å²) in [4.78, 5) is 4.64. The molecule has 1 atom stereocenters. The number of hydrogen-bond acceptors (Lipinski definition) is 2. The highest BCUT2D eigenvalue weighted by Crippen LogP contribution is 2.42. The molecule has 4 heteroatoms. The Morgan fingerprint density at radius 2 is 2.05 bits per heavy atom. The van der Waals surface area contributed by atoms with Gasteiger partial charge in [-0.2, -0.15) is 0 Å². The largest absolute Gasteiger partial charge is 0.310 e. The Balaban J connectivity index is 1.91. The summed E-state index contributed by atoms with van der Waals surface area (Å²) in [5.74, 6) is 1.76. The molecule has 0 amide bonds. The summed E-state index contributed by atoms with van der Waals surface area (Å²) in [6.07, 6.45) is 0. The molecule has 94 valence electrons. The van der Waals surface area contributed by atoms with Crippen molar-refractivity contribution in [3.63, 3.8) is 0 Å². The molecule has 0 radical (unpaired) electrons. The van der Waals surface area contributed by atoms with Gasteiger partial charge >= 0.3 is 0 Å². The van der Waals surface area contributed by atoms with Gasteiger partial charge in [-0.3, -0.25) is 0 Å². The van der Waals surface area contributed by atoms with Crippen molar-refractivity contribution in [1.82, 2.24) is 9.55 Å². The van der Waals surface area contributed by atoms with E-state index in [9.17, 15) is 4.39 Å². The van der Waals surface area contributed by atoms with Crippen molar-refractivity contribution < 1.29 is 4.39 Å². The molecule has 0 aliphatic carbocycles. The quantitative estimate of drug-likeness (QED) is 0.666. The molecule has 2 nitrogen and oxygen atoms in total. The van der Waals surface area contributed by atoms with Gasteiger partial charge in [-0.25, -0.2) is 9.37 Å². The first-order valence-corrected chi connectivity index (χ1v) is 7.21. The zero-order valence-electron chi connectivity index (χ0n) is 10.1. The molecule has 0 bridgehead atoms. The lowest BCUT2D eigenvalue weighted by molar-refractivity contribution is 0.623. The van der Waals surface area contributed by atoms with Gasteiger partial charge in [0.25, 0.3) is 0 Å². The Bertz CT molecular complexity index is 766. The summed E-state index contributed by atoms with van der Waals surface area (Å²) in [6.45, 7) is 0. The molecule has 0 N–H and O–H groups in total. The first kappa shape index (κ1) is 11.1. The van der Waals surface area contributed by atoms with Crippen LogP contribution in [0.15, 0.2) is 48.5 Å². The number of fused-ring (bicyclic) bond motifs is 3. The number of para-hydroxylation sites is 2. The SMILES string of the molecule is Fc1cccc([C@@H]2SCc3nc4ccccc4n32)c1. The van der Waals surface area contributed by atoms with Gasteiger partial charge in [-0.1, -0.05) is 24.3 Å². The van der Waals surface area contributed by atoms with Gasteiger partial charge in [-0.15, -0.1) is 11.8 Å². The van der Waals surface area contributed by atoms with E-state index < -0.39 is 0 Å². The van der Waals surface area contributed by atoms with Crippen LogP contribution in [0.5, 0.6) is 0 Å². The summed E-state index contributed by atoms with van der Waals surface area (Å²) >= 11 is 1.79. The molecular formula is C15H11FN2S. The molecule has 4 rings (SSSR count). The molecule has 0 saturated carbocycles. The molecule has 19 heavy (non-hydrogen) atoms. The summed E-state index contributed by atoms with van der Waals surface area (Å²) in [7, 11) is 0. The van der Waals surface area contributed by atoms with Crippen molar-refractivity contribution in [1.29, 1.82) is 0 Å². The maximum absolute atomic E-state index is 13.4. The topological polar surface area (TPSA) is 17.8 Å². The molecule has 0 saturated heterocycles. The number of nitrogens with zero attached hydrogens (tertiary/aromatic N) is 2. The van der Waals surface area contributed by atoms with Gasteiger partial charge in [0, 0.05) is 0 Å². The van der Waals surface area contributed by atoms with Crippen LogP contribution in [0.3, 0.4) is 0 Å². The van der Waals surface area contributed by atoms with Crippen molar-refractivity contribution in [3.05, 3.63) is 65.7 Å². The summed E-state index contributed by atoms with van der Waals surface area (Å²) in [6, 6.07) is 14.9. The van der Waals surface area contributed by atoms with Crippen molar-refractivity contribution in [2.75, 3.05) is 0 Å². The molecule has 2 heterocycles. The van der Waals surface area contributed by atoms with Crippen LogP contribution in [0.25, 0.3) is 11.0 Å². The van der Waals surface area contributed by atoms with E-state index in [1.54, 1.807) is 23.9 Å². The van der Waals surface area contributed by atoms with E-state index in [-0.39, 0.29) is 11.2 Å². The highest BCUT2D eigenvalue weighted by atomic mass is 32.2. The van der Waals surface area contributed by atoms with Crippen molar-refractivity contribution >= 4 is 22.8 Å². The van der Waals surface area contributed by atoms with Crippen LogP contribution < -0.4 is 0 Å². The lowest BCUT2D eigenvalue weighted by Crippen LogP contribution is -2.03. The van der Waals surface area contributed by atoms with E-state index >= 15 is 0 Å². The number of imidazole rings is 1. The predicted octanol–water partition coefficient (Wildman–Crippen LogP) is 3.97. The summed E-state index contributed by atoms with van der Waals surface area (Å²) < 4.78 is 15.6. The Hall–Kier alpha value is -1.81. The van der Waals surface area contributed by atoms with Crippen molar-refractivity contribution in [3.8, 4) is 0 Å². The average Bonchev–Trinajstić information content (AvgIpc) is 2.97. The van der Waals surface area contributed by atoms with E-state index in [4.69, 9.17) is 0 Å². The fraction of sp³-hybridized carbons (Fsp3) is 0.133. The molecule has 1 aliphatic heterocycles. The fourth-order valence-electron chi connectivity index (χ4n) is 2.59. The molecule has 0 fully saturated rings. The molecule has 1 aromatic heterocycles. The van der Waals surface area contributed by atoms with Crippen LogP contribution in [0.4, 0.5) is 4.39 Å². The normalized spacial score (nSPS) is 17.8. The smallest absolute Gasteiger partial charge is 0.123 e. The monoisotopic (exact) mass is 270 g/mol. The zero-order valence-corrected chi connectivity index (χ0v) is 10.9. The van der Waals surface area contributed by atoms with E-state index in [0.717, 1.165) is 28.2 Å². The Morgan fingerprint density at radius 3 is 2.95 bits per heavy atom. The van der Waals surface area contributed by atoms with Gasteiger partial charge < -0.3 is 4.57 Å². The maximum Gasteiger partial charge on any atom is 0.123 e. The minimum atomic E-state index is -0.184. The molecule has 1 aliphatic rings. The molecular weight excluding hydrogens is 259 g/mol. The van der Waals surface area contributed by atoms with Crippen LogP contribution in [0.2, 0.25) is 0 Å². The van der Waals surface area contributed by atoms with E-state index in [2.05, 4.69) is 15.6 Å². The first-order valence-electron chi connectivity index (χ1n) is 6.16. The second-order valence-electron chi connectivity index (χ2n) is 4.61. The van der Waals surface area contributed by atoms with Crippen LogP contribution in [0, 0.1) is 5.82 Å². The van der Waals surface area contributed by atoms with Crippen LogP contribution in [-0.4, -0.2) is 9.55 Å². The average molecular weight is 270 g/mol. The van der Waals surface area contributed by atoms with E-state index in [0.29, 0.717) is 0 Å². The van der Waals surface area contributed by atoms with Gasteiger partial charge in [0.15, 0.2) is 0 Å². The highest BCUT2D eigenvalue weighted by molar-refractivity contribution is 7.99.